The smallest absolute Gasteiger partial charge is 0.267 e. The Morgan fingerprint density at radius 3 is 2.41 bits per heavy atom. The monoisotopic (exact) mass is 390 g/mol. The van der Waals surface area contributed by atoms with Gasteiger partial charge in [0.2, 0.25) is 0 Å². The fraction of sp³-hybridized carbons (Fsp3) is 0.381. The van der Waals surface area contributed by atoms with E-state index in [0.717, 1.165) is 25.9 Å². The number of benzene rings is 2. The Kier molecular flexibility index (Phi) is 5.90. The molecule has 1 amide bonds. The highest BCUT2D eigenvalue weighted by molar-refractivity contribution is 6.30. The van der Waals surface area contributed by atoms with Crippen molar-refractivity contribution in [1.29, 1.82) is 0 Å². The van der Waals surface area contributed by atoms with Gasteiger partial charge in [0.15, 0.2) is 5.60 Å². The van der Waals surface area contributed by atoms with Crippen molar-refractivity contribution >= 4 is 28.9 Å². The van der Waals surface area contributed by atoms with Crippen molar-refractivity contribution in [2.75, 3.05) is 23.3 Å². The molecule has 1 aliphatic heterocycles. The van der Waals surface area contributed by atoms with E-state index >= 15 is 0 Å². The molecule has 4 nitrogen and oxygen atoms in total. The zero-order valence-electron chi connectivity index (χ0n) is 15.6. The molecule has 27 heavy (non-hydrogen) atoms. The van der Waals surface area contributed by atoms with Gasteiger partial charge in [-0.1, -0.05) is 11.6 Å². The molecule has 0 atom stereocenters. The van der Waals surface area contributed by atoms with Crippen molar-refractivity contribution in [2.45, 2.75) is 38.7 Å². The first kappa shape index (κ1) is 19.5. The van der Waals surface area contributed by atoms with Crippen LogP contribution in [-0.2, 0) is 4.79 Å². The molecule has 1 N–H and O–H groups in total. The summed E-state index contributed by atoms with van der Waals surface area (Å²) in [5.74, 6) is -0.153. The number of carbonyl (C=O) groups is 1. The molecule has 1 heterocycles. The molecule has 1 aliphatic rings. The number of piperidine rings is 1. The molecule has 0 aromatic heterocycles. The Morgan fingerprint density at radius 1 is 1.11 bits per heavy atom. The molecule has 2 aromatic rings. The summed E-state index contributed by atoms with van der Waals surface area (Å²) < 4.78 is 20.3. The Balaban J connectivity index is 1.67. The number of hydrogen-bond acceptors (Lipinski definition) is 3. The predicted molar refractivity (Wildman–Crippen MR) is 107 cm³/mol. The average molecular weight is 391 g/mol. The van der Waals surface area contributed by atoms with Gasteiger partial charge in [0, 0.05) is 23.8 Å². The number of halogens is 2. The highest BCUT2D eigenvalue weighted by atomic mass is 35.5. The summed E-state index contributed by atoms with van der Waals surface area (Å²) in [6.07, 6.45) is 3.34. The van der Waals surface area contributed by atoms with Crippen LogP contribution in [0.25, 0.3) is 0 Å². The van der Waals surface area contributed by atoms with Gasteiger partial charge < -0.3 is 15.0 Å². The molecule has 3 rings (SSSR count). The fourth-order valence-corrected chi connectivity index (χ4v) is 3.23. The van der Waals surface area contributed by atoms with Crippen LogP contribution >= 0.6 is 11.6 Å². The largest absolute Gasteiger partial charge is 0.478 e. The quantitative estimate of drug-likeness (QED) is 0.756. The Bertz CT molecular complexity index is 802. The van der Waals surface area contributed by atoms with Gasteiger partial charge in [-0.25, -0.2) is 4.39 Å². The lowest BCUT2D eigenvalue weighted by Crippen LogP contribution is -2.42. The van der Waals surface area contributed by atoms with Crippen molar-refractivity contribution in [3.63, 3.8) is 0 Å². The molecule has 0 unspecified atom stereocenters. The van der Waals surface area contributed by atoms with Crippen LogP contribution in [0, 0.1) is 5.82 Å². The van der Waals surface area contributed by atoms with E-state index in [2.05, 4.69) is 10.2 Å². The topological polar surface area (TPSA) is 41.6 Å². The lowest BCUT2D eigenvalue weighted by atomic mass is 10.1. The molecule has 2 aromatic carbocycles. The van der Waals surface area contributed by atoms with Gasteiger partial charge in [-0.05, 0) is 75.6 Å². The zero-order chi connectivity index (χ0) is 19.4. The maximum atomic E-state index is 14.5. The maximum Gasteiger partial charge on any atom is 0.267 e. The van der Waals surface area contributed by atoms with E-state index in [9.17, 15) is 9.18 Å². The van der Waals surface area contributed by atoms with E-state index in [-0.39, 0.29) is 11.7 Å². The molecule has 1 fully saturated rings. The average Bonchev–Trinajstić information content (AvgIpc) is 2.64. The predicted octanol–water partition coefficient (Wildman–Crippen LogP) is 5.27. The van der Waals surface area contributed by atoms with Crippen LogP contribution in [0.1, 0.15) is 33.1 Å². The number of rotatable bonds is 5. The van der Waals surface area contributed by atoms with Crippen molar-refractivity contribution in [3.05, 3.63) is 53.3 Å². The first-order valence-corrected chi connectivity index (χ1v) is 9.53. The zero-order valence-corrected chi connectivity index (χ0v) is 16.4. The minimum absolute atomic E-state index is 0.328. The maximum absolute atomic E-state index is 14.5. The fourth-order valence-electron chi connectivity index (χ4n) is 3.10. The second kappa shape index (κ2) is 8.17. The van der Waals surface area contributed by atoms with Gasteiger partial charge in [0.1, 0.15) is 11.6 Å². The van der Waals surface area contributed by atoms with Gasteiger partial charge in [0.05, 0.1) is 5.69 Å². The Labute approximate surface area is 164 Å². The molecular formula is C21H24ClFN2O2. The summed E-state index contributed by atoms with van der Waals surface area (Å²) in [4.78, 5) is 14.7. The number of amides is 1. The van der Waals surface area contributed by atoms with Crippen molar-refractivity contribution in [2.24, 2.45) is 0 Å². The number of ether oxygens (including phenoxy) is 1. The third kappa shape index (κ3) is 4.92. The molecule has 144 valence electrons. The molecule has 1 saturated heterocycles. The van der Waals surface area contributed by atoms with Crippen LogP contribution in [0.15, 0.2) is 42.5 Å². The Morgan fingerprint density at radius 2 is 1.78 bits per heavy atom. The number of carbonyl (C=O) groups excluding carboxylic acids is 1. The van der Waals surface area contributed by atoms with Gasteiger partial charge in [-0.2, -0.15) is 0 Å². The number of anilines is 2. The van der Waals surface area contributed by atoms with Gasteiger partial charge >= 0.3 is 0 Å². The first-order chi connectivity index (χ1) is 12.8. The third-order valence-electron chi connectivity index (χ3n) is 4.64. The van der Waals surface area contributed by atoms with E-state index in [1.165, 1.54) is 12.5 Å². The van der Waals surface area contributed by atoms with E-state index < -0.39 is 5.60 Å². The van der Waals surface area contributed by atoms with Crippen LogP contribution in [0.2, 0.25) is 5.02 Å². The van der Waals surface area contributed by atoms with Gasteiger partial charge in [0.25, 0.3) is 5.91 Å². The number of nitrogens with one attached hydrogen (secondary N) is 1. The van der Waals surface area contributed by atoms with Crippen molar-refractivity contribution in [3.8, 4) is 5.75 Å². The Hall–Kier alpha value is -2.27. The summed E-state index contributed by atoms with van der Waals surface area (Å²) in [6.45, 7) is 5.06. The molecule has 0 radical (unpaired) electrons. The molecule has 0 spiro atoms. The minimum Gasteiger partial charge on any atom is -0.478 e. The standard InChI is InChI=1S/C21H24ClFN2O2/c1-21(2,27-17-9-6-15(22)7-10-17)20(26)24-16-8-11-19(18(23)14-16)25-12-4-3-5-13-25/h6-11,14H,3-5,12-13H2,1-2H3,(H,24,26). The van der Waals surface area contributed by atoms with Crippen molar-refractivity contribution < 1.29 is 13.9 Å². The second-order valence-electron chi connectivity index (χ2n) is 7.23. The summed E-state index contributed by atoms with van der Waals surface area (Å²) >= 11 is 5.86. The third-order valence-corrected chi connectivity index (χ3v) is 4.89. The van der Waals surface area contributed by atoms with Crippen molar-refractivity contribution in [1.82, 2.24) is 0 Å². The minimum atomic E-state index is -1.13. The molecule has 0 bridgehead atoms. The molecule has 0 saturated carbocycles. The number of hydrogen-bond donors (Lipinski definition) is 1. The van der Waals surface area contributed by atoms with Crippen LogP contribution in [-0.4, -0.2) is 24.6 Å². The summed E-state index contributed by atoms with van der Waals surface area (Å²) in [5.41, 5.74) is -0.133. The van der Waals surface area contributed by atoms with E-state index in [0.29, 0.717) is 22.1 Å². The summed E-state index contributed by atoms with van der Waals surface area (Å²) in [6, 6.07) is 11.6. The van der Waals surface area contributed by atoms with Crippen LogP contribution < -0.4 is 15.0 Å². The molecular weight excluding hydrogens is 367 g/mol. The lowest BCUT2D eigenvalue weighted by molar-refractivity contribution is -0.128. The van der Waals surface area contributed by atoms with E-state index in [1.54, 1.807) is 50.2 Å². The van der Waals surface area contributed by atoms with Crippen LogP contribution in [0.5, 0.6) is 5.75 Å². The normalized spacial score (nSPS) is 14.7. The summed E-state index contributed by atoms with van der Waals surface area (Å²) in [5, 5.41) is 3.33. The molecule has 6 heteroatoms. The van der Waals surface area contributed by atoms with Crippen LogP contribution in [0.4, 0.5) is 15.8 Å². The van der Waals surface area contributed by atoms with Gasteiger partial charge in [-0.15, -0.1) is 0 Å². The van der Waals surface area contributed by atoms with E-state index in [4.69, 9.17) is 16.3 Å². The van der Waals surface area contributed by atoms with Crippen LogP contribution in [0.3, 0.4) is 0 Å². The molecule has 0 aliphatic carbocycles. The highest BCUT2D eigenvalue weighted by Gasteiger charge is 2.30. The second-order valence-corrected chi connectivity index (χ2v) is 7.67. The lowest BCUT2D eigenvalue weighted by Gasteiger charge is -2.29. The highest BCUT2D eigenvalue weighted by Crippen LogP contribution is 2.27. The van der Waals surface area contributed by atoms with E-state index in [1.807, 2.05) is 0 Å². The summed E-state index contributed by atoms with van der Waals surface area (Å²) in [7, 11) is 0. The number of nitrogens with zero attached hydrogens (tertiary/aromatic N) is 1. The SMILES string of the molecule is CC(C)(Oc1ccc(Cl)cc1)C(=O)Nc1ccc(N2CCCCC2)c(F)c1. The first-order valence-electron chi connectivity index (χ1n) is 9.16. The van der Waals surface area contributed by atoms with Gasteiger partial charge in [-0.3, -0.25) is 4.79 Å².